The SMILES string of the molecule is CC[C@]12C=CCN(CCc3c(n(Cc4ccc(OC)cc4)c4ccccc34)CC1)C2=O. The van der Waals surface area contributed by atoms with Crippen molar-refractivity contribution in [3.05, 3.63) is 77.5 Å². The van der Waals surface area contributed by atoms with Gasteiger partial charge in [0.2, 0.25) is 5.91 Å². The number of benzene rings is 2. The van der Waals surface area contributed by atoms with E-state index in [0.29, 0.717) is 5.91 Å². The number of rotatable bonds is 4. The van der Waals surface area contributed by atoms with Crippen LogP contribution in [-0.4, -0.2) is 35.6 Å². The van der Waals surface area contributed by atoms with Crippen LogP contribution in [0, 0.1) is 5.41 Å². The summed E-state index contributed by atoms with van der Waals surface area (Å²) in [5.41, 5.74) is 4.99. The van der Waals surface area contributed by atoms with Crippen LogP contribution in [0.3, 0.4) is 0 Å². The third kappa shape index (κ3) is 3.34. The van der Waals surface area contributed by atoms with Crippen molar-refractivity contribution in [2.75, 3.05) is 20.2 Å². The Hall–Kier alpha value is -3.01. The van der Waals surface area contributed by atoms with Crippen LogP contribution >= 0.6 is 0 Å². The Morgan fingerprint density at radius 2 is 1.87 bits per heavy atom. The second kappa shape index (κ2) is 7.92. The lowest BCUT2D eigenvalue weighted by molar-refractivity contribution is -0.140. The van der Waals surface area contributed by atoms with Crippen LogP contribution < -0.4 is 4.74 Å². The lowest BCUT2D eigenvalue weighted by Gasteiger charge is -2.37. The molecule has 1 atom stereocenters. The van der Waals surface area contributed by atoms with E-state index >= 15 is 0 Å². The molecular formula is C27H30N2O2. The average Bonchev–Trinajstić information content (AvgIpc) is 3.11. The highest BCUT2D eigenvalue weighted by molar-refractivity contribution is 5.88. The molecule has 2 aliphatic heterocycles. The van der Waals surface area contributed by atoms with Gasteiger partial charge in [0.05, 0.1) is 12.5 Å². The summed E-state index contributed by atoms with van der Waals surface area (Å²) in [5.74, 6) is 1.19. The first-order valence-electron chi connectivity index (χ1n) is 11.3. The summed E-state index contributed by atoms with van der Waals surface area (Å²) in [6.45, 7) is 4.50. The highest BCUT2D eigenvalue weighted by Crippen LogP contribution is 2.39. The molecule has 0 aliphatic carbocycles. The number of fused-ring (bicyclic) bond motifs is 5. The molecule has 0 saturated carbocycles. The van der Waals surface area contributed by atoms with Gasteiger partial charge in [0.1, 0.15) is 5.75 Å². The van der Waals surface area contributed by atoms with E-state index in [-0.39, 0.29) is 5.41 Å². The fraction of sp³-hybridized carbons (Fsp3) is 0.370. The van der Waals surface area contributed by atoms with Crippen LogP contribution in [0.5, 0.6) is 5.75 Å². The van der Waals surface area contributed by atoms with Gasteiger partial charge < -0.3 is 14.2 Å². The molecule has 3 aromatic rings. The minimum absolute atomic E-state index is 0.314. The fourth-order valence-corrected chi connectivity index (χ4v) is 5.38. The molecule has 1 amide bonds. The first-order valence-corrected chi connectivity index (χ1v) is 11.3. The summed E-state index contributed by atoms with van der Waals surface area (Å²) in [7, 11) is 1.70. The quantitative estimate of drug-likeness (QED) is 0.564. The van der Waals surface area contributed by atoms with Crippen LogP contribution in [0.4, 0.5) is 0 Å². The number of carbonyl (C=O) groups is 1. The molecule has 3 heterocycles. The van der Waals surface area contributed by atoms with Crippen molar-refractivity contribution in [2.24, 2.45) is 5.41 Å². The molecule has 160 valence electrons. The number of para-hydroxylation sites is 1. The lowest BCUT2D eigenvalue weighted by Crippen LogP contribution is -2.46. The van der Waals surface area contributed by atoms with Crippen molar-refractivity contribution in [3.63, 3.8) is 0 Å². The van der Waals surface area contributed by atoms with Gasteiger partial charge in [0, 0.05) is 36.2 Å². The van der Waals surface area contributed by atoms with Gasteiger partial charge >= 0.3 is 0 Å². The highest BCUT2D eigenvalue weighted by Gasteiger charge is 2.40. The van der Waals surface area contributed by atoms with Gasteiger partial charge in [-0.25, -0.2) is 0 Å². The van der Waals surface area contributed by atoms with E-state index in [1.807, 2.05) is 12.1 Å². The Labute approximate surface area is 184 Å². The monoisotopic (exact) mass is 414 g/mol. The molecule has 4 heteroatoms. The van der Waals surface area contributed by atoms with Crippen molar-refractivity contribution in [3.8, 4) is 5.75 Å². The summed E-state index contributed by atoms with van der Waals surface area (Å²) in [6.07, 6.45) is 7.93. The summed E-state index contributed by atoms with van der Waals surface area (Å²) in [6, 6.07) is 17.1. The molecule has 2 aromatic carbocycles. The molecular weight excluding hydrogens is 384 g/mol. The normalized spacial score (nSPS) is 20.8. The highest BCUT2D eigenvalue weighted by atomic mass is 16.5. The molecule has 0 fully saturated rings. The van der Waals surface area contributed by atoms with Gasteiger partial charge in [0.25, 0.3) is 0 Å². The predicted octanol–water partition coefficient (Wildman–Crippen LogP) is 4.98. The molecule has 4 nitrogen and oxygen atoms in total. The van der Waals surface area contributed by atoms with Crippen LogP contribution in [0.1, 0.15) is 36.6 Å². The third-order valence-electron chi connectivity index (χ3n) is 7.24. The minimum Gasteiger partial charge on any atom is -0.497 e. The molecule has 2 aliphatic rings. The van der Waals surface area contributed by atoms with E-state index in [9.17, 15) is 4.79 Å². The van der Waals surface area contributed by atoms with Gasteiger partial charge in [-0.05, 0) is 55.0 Å². The summed E-state index contributed by atoms with van der Waals surface area (Å²) in [4.78, 5) is 15.4. The second-order valence-electron chi connectivity index (χ2n) is 8.79. The number of amides is 1. The Balaban J connectivity index is 1.61. The van der Waals surface area contributed by atoms with Gasteiger partial charge in [-0.2, -0.15) is 0 Å². The van der Waals surface area contributed by atoms with Gasteiger partial charge in [-0.15, -0.1) is 0 Å². The molecule has 0 spiro atoms. The second-order valence-corrected chi connectivity index (χ2v) is 8.79. The first kappa shape index (κ1) is 19.9. The molecule has 1 aromatic heterocycles. The number of hydrogen-bond acceptors (Lipinski definition) is 2. The Morgan fingerprint density at radius 1 is 1.06 bits per heavy atom. The van der Waals surface area contributed by atoms with Crippen LogP contribution in [-0.2, 0) is 24.2 Å². The molecule has 5 rings (SSSR count). The lowest BCUT2D eigenvalue weighted by atomic mass is 9.77. The van der Waals surface area contributed by atoms with Crippen molar-refractivity contribution in [1.82, 2.24) is 9.47 Å². The van der Waals surface area contributed by atoms with Gasteiger partial charge in [0.15, 0.2) is 0 Å². The Kier molecular flexibility index (Phi) is 5.09. The molecule has 0 radical (unpaired) electrons. The van der Waals surface area contributed by atoms with Crippen molar-refractivity contribution in [2.45, 2.75) is 39.2 Å². The standard InChI is InChI=1S/C27H30N2O2/c1-3-27-15-6-17-28(26(27)30)18-14-23-22-7-4-5-8-24(22)29(25(23)13-16-27)19-20-9-11-21(31-2)12-10-20/h4-12,15H,3,13-14,16-19H2,1-2H3/t27-/m0/s1. The molecule has 31 heavy (non-hydrogen) atoms. The zero-order valence-corrected chi connectivity index (χ0v) is 18.4. The Morgan fingerprint density at radius 3 is 2.65 bits per heavy atom. The summed E-state index contributed by atoms with van der Waals surface area (Å²) < 4.78 is 7.81. The van der Waals surface area contributed by atoms with Crippen LogP contribution in [0.15, 0.2) is 60.7 Å². The number of aromatic nitrogens is 1. The van der Waals surface area contributed by atoms with Crippen LogP contribution in [0.2, 0.25) is 0 Å². The topological polar surface area (TPSA) is 34.5 Å². The minimum atomic E-state index is -0.360. The predicted molar refractivity (Wildman–Crippen MR) is 125 cm³/mol. The van der Waals surface area contributed by atoms with Crippen molar-refractivity contribution < 1.29 is 9.53 Å². The molecule has 2 bridgehead atoms. The maximum absolute atomic E-state index is 13.3. The van der Waals surface area contributed by atoms with E-state index in [0.717, 1.165) is 51.1 Å². The number of methoxy groups -OCH3 is 1. The van der Waals surface area contributed by atoms with E-state index in [4.69, 9.17) is 4.74 Å². The fourth-order valence-electron chi connectivity index (χ4n) is 5.38. The number of hydrogen-bond donors (Lipinski definition) is 0. The first-order chi connectivity index (χ1) is 15.1. The average molecular weight is 415 g/mol. The molecule has 0 saturated heterocycles. The van der Waals surface area contributed by atoms with E-state index in [2.05, 4.69) is 64.9 Å². The largest absolute Gasteiger partial charge is 0.497 e. The summed E-state index contributed by atoms with van der Waals surface area (Å²) in [5, 5.41) is 1.33. The zero-order chi connectivity index (χ0) is 21.4. The maximum Gasteiger partial charge on any atom is 0.232 e. The van der Waals surface area contributed by atoms with Gasteiger partial charge in [-0.1, -0.05) is 49.4 Å². The van der Waals surface area contributed by atoms with E-state index in [1.165, 1.54) is 27.7 Å². The third-order valence-corrected chi connectivity index (χ3v) is 7.24. The Bertz CT molecular complexity index is 1140. The van der Waals surface area contributed by atoms with Crippen LogP contribution in [0.25, 0.3) is 10.9 Å². The summed E-state index contributed by atoms with van der Waals surface area (Å²) >= 11 is 0. The number of nitrogens with zero attached hydrogens (tertiary/aromatic N) is 2. The zero-order valence-electron chi connectivity index (χ0n) is 18.4. The van der Waals surface area contributed by atoms with E-state index in [1.54, 1.807) is 7.11 Å². The number of carbonyl (C=O) groups excluding carboxylic acids is 1. The molecule has 0 N–H and O–H groups in total. The van der Waals surface area contributed by atoms with E-state index < -0.39 is 0 Å². The van der Waals surface area contributed by atoms with Crippen molar-refractivity contribution in [1.29, 1.82) is 0 Å². The van der Waals surface area contributed by atoms with Gasteiger partial charge in [-0.3, -0.25) is 4.79 Å². The van der Waals surface area contributed by atoms with Crippen molar-refractivity contribution >= 4 is 16.8 Å². The number of ether oxygens (including phenoxy) is 1. The molecule has 0 unspecified atom stereocenters. The smallest absolute Gasteiger partial charge is 0.232 e. The maximum atomic E-state index is 13.3.